The van der Waals surface area contributed by atoms with Gasteiger partial charge in [0.25, 0.3) is 0 Å². The molecule has 0 saturated carbocycles. The van der Waals surface area contributed by atoms with Crippen molar-refractivity contribution < 1.29 is 17.9 Å². The fourth-order valence-corrected chi connectivity index (χ4v) is 2.17. The van der Waals surface area contributed by atoms with Crippen molar-refractivity contribution in [3.05, 3.63) is 35.4 Å². The molecule has 1 fully saturated rings. The molecule has 126 valence electrons. The van der Waals surface area contributed by atoms with Gasteiger partial charge in [0.05, 0.1) is 5.56 Å². The predicted molar refractivity (Wildman–Crippen MR) is 79.7 cm³/mol. The van der Waals surface area contributed by atoms with Crippen LogP contribution in [0.5, 0.6) is 0 Å². The molecule has 4 N–H and O–H groups in total. The van der Waals surface area contributed by atoms with Crippen LogP contribution in [-0.4, -0.2) is 31.8 Å². The van der Waals surface area contributed by atoms with E-state index in [1.54, 1.807) is 5.01 Å². The van der Waals surface area contributed by atoms with E-state index in [1.807, 2.05) is 7.05 Å². The van der Waals surface area contributed by atoms with E-state index >= 15 is 0 Å². The first-order valence-electron chi connectivity index (χ1n) is 7.22. The monoisotopic (exact) mass is 319 g/mol. The van der Waals surface area contributed by atoms with Crippen LogP contribution >= 0.6 is 0 Å². The third-order valence-electron chi connectivity index (χ3n) is 3.40. The molecule has 0 radical (unpaired) electrons. The number of halogens is 3. The Labute approximate surface area is 129 Å². The van der Waals surface area contributed by atoms with E-state index in [-0.39, 0.29) is 6.54 Å². The van der Waals surface area contributed by atoms with E-state index in [2.05, 4.69) is 0 Å². The lowest BCUT2D eigenvalue weighted by Crippen LogP contribution is -2.34. The Kier molecular flexibility index (Phi) is 7.81. The number of rotatable bonds is 3. The van der Waals surface area contributed by atoms with Gasteiger partial charge in [-0.2, -0.15) is 13.2 Å². The highest BCUT2D eigenvalue weighted by Crippen LogP contribution is 2.28. The summed E-state index contributed by atoms with van der Waals surface area (Å²) < 4.78 is 41.2. The van der Waals surface area contributed by atoms with E-state index in [1.165, 1.54) is 25.0 Å². The molecule has 22 heavy (non-hydrogen) atoms. The second kappa shape index (κ2) is 9.09. The van der Waals surface area contributed by atoms with Gasteiger partial charge in [-0.25, -0.2) is 5.01 Å². The summed E-state index contributed by atoms with van der Waals surface area (Å²) in [7, 11) is 1.91. The molecule has 1 aliphatic rings. The van der Waals surface area contributed by atoms with Gasteiger partial charge < -0.3 is 10.5 Å². The van der Waals surface area contributed by atoms with Crippen LogP contribution in [0.25, 0.3) is 0 Å². The Hall–Kier alpha value is -1.15. The highest BCUT2D eigenvalue weighted by atomic mass is 19.4. The van der Waals surface area contributed by atoms with Crippen LogP contribution in [0.15, 0.2) is 24.3 Å². The van der Waals surface area contributed by atoms with Crippen molar-refractivity contribution in [2.24, 2.45) is 17.5 Å². The van der Waals surface area contributed by atoms with Gasteiger partial charge >= 0.3 is 6.18 Å². The Morgan fingerprint density at radius 2 is 1.73 bits per heavy atom. The summed E-state index contributed by atoms with van der Waals surface area (Å²) in [6, 6.07) is 4.82. The van der Waals surface area contributed by atoms with Gasteiger partial charge in [-0.3, -0.25) is 5.84 Å². The Balaban J connectivity index is 0.000000224. The van der Waals surface area contributed by atoms with Crippen LogP contribution in [0, 0.1) is 5.92 Å². The lowest BCUT2D eigenvalue weighted by Gasteiger charge is -2.24. The van der Waals surface area contributed by atoms with Crippen molar-refractivity contribution in [1.29, 1.82) is 0 Å². The molecule has 1 aliphatic heterocycles. The number of nitrogens with two attached hydrogens (primary N) is 2. The molecule has 4 nitrogen and oxygen atoms in total. The zero-order chi connectivity index (χ0) is 16.6. The van der Waals surface area contributed by atoms with E-state index < -0.39 is 11.7 Å². The number of alkyl halides is 3. The van der Waals surface area contributed by atoms with Gasteiger partial charge in [-0.15, -0.1) is 0 Å². The van der Waals surface area contributed by atoms with Gasteiger partial charge in [-0.1, -0.05) is 12.1 Å². The summed E-state index contributed by atoms with van der Waals surface area (Å²) >= 11 is 0. The minimum Gasteiger partial charge on any atom is -0.381 e. The normalized spacial score (nSPS) is 16.3. The zero-order valence-electron chi connectivity index (χ0n) is 12.8. The van der Waals surface area contributed by atoms with Gasteiger partial charge in [0.15, 0.2) is 0 Å². The highest BCUT2D eigenvalue weighted by Gasteiger charge is 2.29. The minimum atomic E-state index is -4.26. The van der Waals surface area contributed by atoms with Crippen LogP contribution in [-0.2, 0) is 17.5 Å². The second-order valence-corrected chi connectivity index (χ2v) is 5.39. The van der Waals surface area contributed by atoms with E-state index in [4.69, 9.17) is 16.3 Å². The van der Waals surface area contributed by atoms with Gasteiger partial charge in [0, 0.05) is 33.4 Å². The topological polar surface area (TPSA) is 64.5 Å². The van der Waals surface area contributed by atoms with Crippen molar-refractivity contribution in [2.45, 2.75) is 25.6 Å². The lowest BCUT2D eigenvalue weighted by atomic mass is 10.0. The molecule has 0 unspecified atom stereocenters. The van der Waals surface area contributed by atoms with Crippen molar-refractivity contribution >= 4 is 0 Å². The number of nitrogens with zero attached hydrogens (tertiary/aromatic N) is 1. The smallest absolute Gasteiger partial charge is 0.381 e. The molecule has 0 aliphatic carbocycles. The summed E-state index contributed by atoms with van der Waals surface area (Å²) in [4.78, 5) is 0. The standard InChI is InChI=1S/C8H8F3N.C7H16N2O/c9-8(10,11)7-3-1-6(5-12)2-4-7;1-9(8)6-7-2-4-10-5-3-7/h1-4H,5,12H2;7H,2-6,8H2,1H3. The summed E-state index contributed by atoms with van der Waals surface area (Å²) in [6.07, 6.45) is -1.92. The SMILES string of the molecule is CN(N)CC1CCOCC1.NCc1ccc(C(F)(F)F)cc1. The van der Waals surface area contributed by atoms with Crippen LogP contribution < -0.4 is 11.6 Å². The second-order valence-electron chi connectivity index (χ2n) is 5.39. The lowest BCUT2D eigenvalue weighted by molar-refractivity contribution is -0.137. The number of benzene rings is 1. The quantitative estimate of drug-likeness (QED) is 0.663. The Bertz CT molecular complexity index is 415. The fourth-order valence-electron chi connectivity index (χ4n) is 2.17. The molecule has 2 rings (SSSR count). The molecule has 0 aromatic heterocycles. The number of hydrazine groups is 1. The molecule has 0 spiro atoms. The molecule has 0 bridgehead atoms. The van der Waals surface area contributed by atoms with Crippen LogP contribution in [0.3, 0.4) is 0 Å². The molecule has 7 heteroatoms. The predicted octanol–water partition coefficient (Wildman–Crippen LogP) is 2.38. The Morgan fingerprint density at radius 3 is 2.14 bits per heavy atom. The first-order chi connectivity index (χ1) is 10.3. The third kappa shape index (κ3) is 7.22. The maximum Gasteiger partial charge on any atom is 0.416 e. The van der Waals surface area contributed by atoms with Crippen LogP contribution in [0.4, 0.5) is 13.2 Å². The number of ether oxygens (including phenoxy) is 1. The summed E-state index contributed by atoms with van der Waals surface area (Å²) in [5, 5.41) is 1.76. The molecular formula is C15H24F3N3O. The average Bonchev–Trinajstić information content (AvgIpc) is 2.47. The summed E-state index contributed by atoms with van der Waals surface area (Å²) in [5.41, 5.74) is 5.29. The number of hydrogen-bond acceptors (Lipinski definition) is 4. The molecule has 1 aromatic rings. The fraction of sp³-hybridized carbons (Fsp3) is 0.600. The Morgan fingerprint density at radius 1 is 1.18 bits per heavy atom. The zero-order valence-corrected chi connectivity index (χ0v) is 12.8. The summed E-state index contributed by atoms with van der Waals surface area (Å²) in [6.45, 7) is 3.10. The first kappa shape index (κ1) is 18.9. The van der Waals surface area contributed by atoms with E-state index in [9.17, 15) is 13.2 Å². The maximum atomic E-state index is 12.0. The molecule has 1 aromatic carbocycles. The minimum absolute atomic E-state index is 0.262. The van der Waals surface area contributed by atoms with Crippen LogP contribution in [0.1, 0.15) is 24.0 Å². The largest absolute Gasteiger partial charge is 0.416 e. The van der Waals surface area contributed by atoms with Crippen molar-refractivity contribution in [3.63, 3.8) is 0 Å². The highest BCUT2D eigenvalue weighted by molar-refractivity contribution is 5.24. The van der Waals surface area contributed by atoms with Crippen molar-refractivity contribution in [2.75, 3.05) is 26.8 Å². The summed E-state index contributed by atoms with van der Waals surface area (Å²) in [5.74, 6) is 6.27. The molecule has 1 saturated heterocycles. The van der Waals surface area contributed by atoms with Gasteiger partial charge in [0.1, 0.15) is 0 Å². The van der Waals surface area contributed by atoms with Crippen molar-refractivity contribution in [3.8, 4) is 0 Å². The van der Waals surface area contributed by atoms with Gasteiger partial charge in [-0.05, 0) is 36.5 Å². The molecule has 1 heterocycles. The van der Waals surface area contributed by atoms with Crippen LogP contribution in [0.2, 0.25) is 0 Å². The molecule has 0 atom stereocenters. The average molecular weight is 319 g/mol. The number of hydrogen-bond donors (Lipinski definition) is 2. The first-order valence-corrected chi connectivity index (χ1v) is 7.22. The van der Waals surface area contributed by atoms with Gasteiger partial charge in [0.2, 0.25) is 0 Å². The van der Waals surface area contributed by atoms with E-state index in [0.717, 1.165) is 37.8 Å². The third-order valence-corrected chi connectivity index (χ3v) is 3.40. The maximum absolute atomic E-state index is 12.0. The van der Waals surface area contributed by atoms with Crippen molar-refractivity contribution in [1.82, 2.24) is 5.01 Å². The van der Waals surface area contributed by atoms with E-state index in [0.29, 0.717) is 5.56 Å². The molecular weight excluding hydrogens is 295 g/mol. The molecule has 0 amide bonds.